The second-order valence-electron chi connectivity index (χ2n) is 14.8. The average Bonchev–Trinajstić information content (AvgIpc) is 2.94. The summed E-state index contributed by atoms with van der Waals surface area (Å²) in [5.41, 5.74) is 3.62. The predicted molar refractivity (Wildman–Crippen MR) is 131 cm³/mol. The quantitative estimate of drug-likeness (QED) is 0.421. The molecule has 0 aromatic heterocycles. The Kier molecular flexibility index (Phi) is 4.82. The van der Waals surface area contributed by atoms with Crippen LogP contribution in [-0.2, 0) is 0 Å². The lowest BCUT2D eigenvalue weighted by molar-refractivity contribution is -0.174. The van der Waals surface area contributed by atoms with Gasteiger partial charge < -0.3 is 5.11 Å². The van der Waals surface area contributed by atoms with Crippen LogP contribution in [0.2, 0.25) is 0 Å². The minimum atomic E-state index is -0.113. The van der Waals surface area contributed by atoms with Crippen LogP contribution in [0.4, 0.5) is 0 Å². The van der Waals surface area contributed by atoms with Gasteiger partial charge in [0.2, 0.25) is 0 Å². The molecule has 0 heterocycles. The molecule has 0 spiro atoms. The fourth-order valence-electron chi connectivity index (χ4n) is 11.4. The van der Waals surface area contributed by atoms with Crippen molar-refractivity contribution in [1.29, 1.82) is 0 Å². The highest BCUT2D eigenvalue weighted by Crippen LogP contribution is 2.76. The van der Waals surface area contributed by atoms with Crippen LogP contribution >= 0.6 is 0 Å². The summed E-state index contributed by atoms with van der Waals surface area (Å²) in [6.07, 6.45) is 14.5. The molecule has 0 aliphatic heterocycles. The van der Waals surface area contributed by atoms with E-state index in [0.29, 0.717) is 39.4 Å². The molecule has 0 saturated heterocycles. The second kappa shape index (κ2) is 6.64. The number of allylic oxidation sites excluding steroid dienone is 2. The second-order valence-corrected chi connectivity index (χ2v) is 14.8. The van der Waals surface area contributed by atoms with Crippen LogP contribution in [0, 0.1) is 56.7 Å². The van der Waals surface area contributed by atoms with Crippen molar-refractivity contribution >= 4 is 0 Å². The summed E-state index contributed by atoms with van der Waals surface area (Å²) in [5.74, 6) is 3.38. The summed E-state index contributed by atoms with van der Waals surface area (Å²) < 4.78 is 0. The first kappa shape index (κ1) is 22.5. The van der Waals surface area contributed by atoms with Crippen molar-refractivity contribution in [2.45, 2.75) is 119 Å². The molecule has 176 valence electrons. The van der Waals surface area contributed by atoms with Gasteiger partial charge >= 0.3 is 0 Å². The van der Waals surface area contributed by atoms with E-state index in [1.165, 1.54) is 51.4 Å². The maximum Gasteiger partial charge on any atom is 0.0582 e. The van der Waals surface area contributed by atoms with Crippen LogP contribution in [0.3, 0.4) is 0 Å². The van der Waals surface area contributed by atoms with Crippen LogP contribution in [-0.4, -0.2) is 11.2 Å². The summed E-state index contributed by atoms with van der Waals surface area (Å²) in [7, 11) is 0. The first-order chi connectivity index (χ1) is 14.3. The maximum atomic E-state index is 11.5. The number of rotatable bonds is 1. The summed E-state index contributed by atoms with van der Waals surface area (Å²) >= 11 is 0. The van der Waals surface area contributed by atoms with E-state index in [0.717, 1.165) is 18.3 Å². The summed E-state index contributed by atoms with van der Waals surface area (Å²) in [4.78, 5) is 0. The molecule has 0 amide bonds. The number of hydrogen-bond acceptors (Lipinski definition) is 1. The molecule has 0 bridgehead atoms. The van der Waals surface area contributed by atoms with E-state index in [1.807, 2.05) is 5.57 Å². The van der Waals surface area contributed by atoms with E-state index >= 15 is 0 Å². The smallest absolute Gasteiger partial charge is 0.0582 e. The zero-order valence-corrected chi connectivity index (χ0v) is 21.9. The van der Waals surface area contributed by atoms with Crippen LogP contribution in [0.15, 0.2) is 11.6 Å². The van der Waals surface area contributed by atoms with Crippen LogP contribution in [0.1, 0.15) is 113 Å². The van der Waals surface area contributed by atoms with Gasteiger partial charge in [-0.2, -0.15) is 0 Å². The minimum Gasteiger partial charge on any atom is -0.393 e. The topological polar surface area (TPSA) is 20.2 Å². The van der Waals surface area contributed by atoms with E-state index in [1.54, 1.807) is 0 Å². The summed E-state index contributed by atoms with van der Waals surface area (Å²) in [5, 5.41) is 11.5. The third-order valence-electron chi connectivity index (χ3n) is 12.9. The van der Waals surface area contributed by atoms with Gasteiger partial charge in [-0.25, -0.2) is 0 Å². The van der Waals surface area contributed by atoms with Gasteiger partial charge in [0.1, 0.15) is 0 Å². The van der Waals surface area contributed by atoms with Gasteiger partial charge in [0, 0.05) is 0 Å². The van der Waals surface area contributed by atoms with Gasteiger partial charge in [-0.05, 0) is 108 Å². The van der Waals surface area contributed by atoms with Crippen molar-refractivity contribution < 1.29 is 5.11 Å². The Labute approximate surface area is 192 Å². The number of fused-ring (bicyclic) bond motifs is 7. The monoisotopic (exact) mass is 426 g/mol. The van der Waals surface area contributed by atoms with Crippen LogP contribution in [0.5, 0.6) is 0 Å². The fraction of sp³-hybridized carbons (Fsp3) is 0.933. The molecule has 0 aromatic rings. The van der Waals surface area contributed by atoms with Crippen molar-refractivity contribution in [3.8, 4) is 0 Å². The van der Waals surface area contributed by atoms with Gasteiger partial charge in [-0.3, -0.25) is 0 Å². The molecule has 0 unspecified atom stereocenters. The molecule has 5 rings (SSSR count). The lowest BCUT2D eigenvalue weighted by Gasteiger charge is -2.69. The summed E-state index contributed by atoms with van der Waals surface area (Å²) in [6.45, 7) is 20.4. The zero-order valence-electron chi connectivity index (χ0n) is 21.9. The average molecular weight is 427 g/mol. The van der Waals surface area contributed by atoms with Gasteiger partial charge in [0.05, 0.1) is 6.10 Å². The van der Waals surface area contributed by atoms with E-state index < -0.39 is 0 Å². The Balaban J connectivity index is 1.58. The highest BCUT2D eigenvalue weighted by molar-refractivity contribution is 5.33. The highest BCUT2D eigenvalue weighted by Gasteiger charge is 2.70. The zero-order chi connectivity index (χ0) is 22.6. The van der Waals surface area contributed by atoms with Gasteiger partial charge in [-0.1, -0.05) is 73.5 Å². The molecule has 5 aliphatic carbocycles. The van der Waals surface area contributed by atoms with Gasteiger partial charge in [0.15, 0.2) is 0 Å². The van der Waals surface area contributed by atoms with E-state index in [2.05, 4.69) is 61.5 Å². The molecular weight excluding hydrogens is 376 g/mol. The molecule has 0 radical (unpaired) electrons. The van der Waals surface area contributed by atoms with Crippen molar-refractivity contribution in [1.82, 2.24) is 0 Å². The SMILES string of the molecule is CC(C)[C@H]1C[C@@H](O)[C@@H]2[C@]1(C)CC[C@]1(C)[C@H]3CC[C@H]4C(C)(C)CCC[C@]4(C)C3=CC[C@@]21C. The summed E-state index contributed by atoms with van der Waals surface area (Å²) in [6, 6.07) is 0. The van der Waals surface area contributed by atoms with Gasteiger partial charge in [0.25, 0.3) is 0 Å². The molecule has 4 saturated carbocycles. The first-order valence-corrected chi connectivity index (χ1v) is 13.7. The molecule has 0 aromatic carbocycles. The van der Waals surface area contributed by atoms with E-state index in [-0.39, 0.29) is 11.5 Å². The fourth-order valence-corrected chi connectivity index (χ4v) is 11.4. The van der Waals surface area contributed by atoms with Gasteiger partial charge in [-0.15, -0.1) is 0 Å². The standard InChI is InChI=1S/C30H50O/c1-19(2)22-18-23(31)25-28(22,6)16-17-29(7)21-10-11-24-26(3,4)13-9-14-27(24,5)20(21)12-15-30(25,29)8/h12,19,21-25,31H,9-11,13-18H2,1-8H3/t21-,22+,23+,24-,25+,27+,28+,29+,30-/m0/s1. The van der Waals surface area contributed by atoms with Crippen molar-refractivity contribution in [2.24, 2.45) is 56.7 Å². The van der Waals surface area contributed by atoms with Crippen molar-refractivity contribution in [3.63, 3.8) is 0 Å². The van der Waals surface area contributed by atoms with E-state index in [4.69, 9.17) is 0 Å². The molecule has 1 heteroatoms. The molecule has 4 fully saturated rings. The Bertz CT molecular complexity index is 777. The molecular formula is C30H50O. The Hall–Kier alpha value is -0.300. The lowest BCUT2D eigenvalue weighted by atomic mass is 9.35. The van der Waals surface area contributed by atoms with Crippen molar-refractivity contribution in [3.05, 3.63) is 11.6 Å². The number of aliphatic hydroxyl groups excluding tert-OH is 1. The Morgan fingerprint density at radius 1 is 0.903 bits per heavy atom. The van der Waals surface area contributed by atoms with E-state index in [9.17, 15) is 5.11 Å². The molecule has 5 aliphatic rings. The maximum absolute atomic E-state index is 11.5. The molecule has 31 heavy (non-hydrogen) atoms. The third kappa shape index (κ3) is 2.65. The number of aliphatic hydroxyl groups is 1. The Morgan fingerprint density at radius 3 is 2.29 bits per heavy atom. The molecule has 1 nitrogen and oxygen atoms in total. The predicted octanol–water partition coefficient (Wildman–Crippen LogP) is 8.02. The first-order valence-electron chi connectivity index (χ1n) is 13.7. The van der Waals surface area contributed by atoms with Crippen molar-refractivity contribution in [2.75, 3.05) is 0 Å². The lowest BCUT2D eigenvalue weighted by Crippen LogP contribution is -2.62. The molecule has 1 N–H and O–H groups in total. The Morgan fingerprint density at radius 2 is 1.61 bits per heavy atom. The van der Waals surface area contributed by atoms with Crippen LogP contribution in [0.25, 0.3) is 0 Å². The normalized spacial score (nSPS) is 55.7. The highest BCUT2D eigenvalue weighted by atomic mass is 16.3. The molecule has 9 atom stereocenters. The third-order valence-corrected chi connectivity index (χ3v) is 12.9. The minimum absolute atomic E-state index is 0.113. The largest absolute Gasteiger partial charge is 0.393 e. The van der Waals surface area contributed by atoms with Crippen LogP contribution < -0.4 is 0 Å². The number of hydrogen-bond donors (Lipinski definition) is 1.